The van der Waals surface area contributed by atoms with Gasteiger partial charge in [-0.1, -0.05) is 24.3 Å². The summed E-state index contributed by atoms with van der Waals surface area (Å²) in [4.78, 5) is 11.1. The third-order valence-electron chi connectivity index (χ3n) is 2.81. The van der Waals surface area contributed by atoms with Gasteiger partial charge in [-0.15, -0.1) is 12.4 Å². The fourth-order valence-corrected chi connectivity index (χ4v) is 1.95. The number of fused-ring (bicyclic) bond motifs is 1. The number of halogens is 1. The molecule has 4 heteroatoms. The first-order chi connectivity index (χ1) is 7.29. The van der Waals surface area contributed by atoms with Crippen molar-refractivity contribution >= 4 is 18.4 Å². The van der Waals surface area contributed by atoms with E-state index in [1.165, 1.54) is 18.2 Å². The highest BCUT2D eigenvalue weighted by molar-refractivity contribution is 5.85. The second-order valence-corrected chi connectivity index (χ2v) is 3.83. The molecule has 1 atom stereocenters. The van der Waals surface area contributed by atoms with Crippen LogP contribution in [0.1, 0.15) is 17.5 Å². The number of methoxy groups -OCH3 is 1. The molecule has 1 aliphatic heterocycles. The molecule has 0 unspecified atom stereocenters. The van der Waals surface area contributed by atoms with E-state index in [0.29, 0.717) is 6.42 Å². The summed E-state index contributed by atoms with van der Waals surface area (Å²) in [6.45, 7) is 0.845. The SMILES string of the molecule is COC(=O)C[C@H]1Cc2ccccc2CN1.Cl. The lowest BCUT2D eigenvalue weighted by Crippen LogP contribution is -2.37. The third-order valence-corrected chi connectivity index (χ3v) is 2.81. The van der Waals surface area contributed by atoms with Gasteiger partial charge in [0.15, 0.2) is 0 Å². The molecule has 0 fully saturated rings. The van der Waals surface area contributed by atoms with Crippen LogP contribution in [0.15, 0.2) is 24.3 Å². The van der Waals surface area contributed by atoms with Gasteiger partial charge in [-0.2, -0.15) is 0 Å². The van der Waals surface area contributed by atoms with E-state index in [0.717, 1.165) is 13.0 Å². The second-order valence-electron chi connectivity index (χ2n) is 3.83. The van der Waals surface area contributed by atoms with E-state index in [2.05, 4.69) is 22.2 Å². The summed E-state index contributed by atoms with van der Waals surface area (Å²) >= 11 is 0. The van der Waals surface area contributed by atoms with E-state index in [1.54, 1.807) is 0 Å². The minimum absolute atomic E-state index is 0. The molecule has 0 aromatic heterocycles. The van der Waals surface area contributed by atoms with E-state index < -0.39 is 0 Å². The molecule has 0 spiro atoms. The zero-order chi connectivity index (χ0) is 10.7. The van der Waals surface area contributed by atoms with Crippen molar-refractivity contribution in [1.82, 2.24) is 5.32 Å². The molecule has 1 aromatic carbocycles. The Morgan fingerprint density at radius 2 is 2.12 bits per heavy atom. The van der Waals surface area contributed by atoms with Crippen molar-refractivity contribution in [2.75, 3.05) is 7.11 Å². The summed E-state index contributed by atoms with van der Waals surface area (Å²) in [6.07, 6.45) is 1.36. The van der Waals surface area contributed by atoms with Crippen LogP contribution in [0.25, 0.3) is 0 Å². The number of ether oxygens (including phenoxy) is 1. The largest absolute Gasteiger partial charge is 0.469 e. The van der Waals surface area contributed by atoms with E-state index >= 15 is 0 Å². The van der Waals surface area contributed by atoms with E-state index in [1.807, 2.05) is 12.1 Å². The molecular weight excluding hydrogens is 226 g/mol. The monoisotopic (exact) mass is 241 g/mol. The molecule has 2 rings (SSSR count). The Balaban J connectivity index is 0.00000128. The Kier molecular flexibility index (Phi) is 4.77. The fraction of sp³-hybridized carbons (Fsp3) is 0.417. The molecule has 16 heavy (non-hydrogen) atoms. The van der Waals surface area contributed by atoms with Crippen molar-refractivity contribution in [3.8, 4) is 0 Å². The first-order valence-electron chi connectivity index (χ1n) is 5.16. The number of carbonyl (C=O) groups is 1. The number of rotatable bonds is 2. The average molecular weight is 242 g/mol. The minimum Gasteiger partial charge on any atom is -0.469 e. The molecule has 1 aliphatic rings. The van der Waals surface area contributed by atoms with Gasteiger partial charge in [0.25, 0.3) is 0 Å². The van der Waals surface area contributed by atoms with Crippen LogP contribution in [-0.4, -0.2) is 19.1 Å². The molecule has 0 saturated heterocycles. The Morgan fingerprint density at radius 1 is 1.44 bits per heavy atom. The normalized spacial score (nSPS) is 18.2. The molecule has 0 bridgehead atoms. The summed E-state index contributed by atoms with van der Waals surface area (Å²) in [6, 6.07) is 8.55. The fourth-order valence-electron chi connectivity index (χ4n) is 1.95. The van der Waals surface area contributed by atoms with Gasteiger partial charge in [-0.3, -0.25) is 4.79 Å². The molecule has 1 aromatic rings. The summed E-state index contributed by atoms with van der Waals surface area (Å²) in [5, 5.41) is 3.34. The highest BCUT2D eigenvalue weighted by atomic mass is 35.5. The van der Waals surface area contributed by atoms with E-state index in [9.17, 15) is 4.79 Å². The van der Waals surface area contributed by atoms with Gasteiger partial charge in [0.1, 0.15) is 0 Å². The lowest BCUT2D eigenvalue weighted by atomic mass is 9.94. The first-order valence-corrected chi connectivity index (χ1v) is 5.16. The van der Waals surface area contributed by atoms with Crippen LogP contribution in [0.5, 0.6) is 0 Å². The van der Waals surface area contributed by atoms with Crippen LogP contribution >= 0.6 is 12.4 Å². The number of carbonyl (C=O) groups excluding carboxylic acids is 1. The zero-order valence-corrected chi connectivity index (χ0v) is 10.0. The number of nitrogens with one attached hydrogen (secondary N) is 1. The average Bonchev–Trinajstić information content (AvgIpc) is 2.29. The van der Waals surface area contributed by atoms with Crippen molar-refractivity contribution in [3.05, 3.63) is 35.4 Å². The maximum Gasteiger partial charge on any atom is 0.307 e. The quantitative estimate of drug-likeness (QED) is 0.801. The van der Waals surface area contributed by atoms with Gasteiger partial charge in [-0.25, -0.2) is 0 Å². The molecule has 3 nitrogen and oxygen atoms in total. The van der Waals surface area contributed by atoms with E-state index in [-0.39, 0.29) is 24.4 Å². The van der Waals surface area contributed by atoms with Crippen molar-refractivity contribution in [3.63, 3.8) is 0 Å². The van der Waals surface area contributed by atoms with E-state index in [4.69, 9.17) is 0 Å². The minimum atomic E-state index is -0.146. The Hall–Kier alpha value is -1.06. The highest BCUT2D eigenvalue weighted by Crippen LogP contribution is 2.17. The highest BCUT2D eigenvalue weighted by Gasteiger charge is 2.19. The van der Waals surface area contributed by atoms with Gasteiger partial charge in [0.05, 0.1) is 13.5 Å². The summed E-state index contributed by atoms with van der Waals surface area (Å²) in [5.74, 6) is -0.146. The van der Waals surface area contributed by atoms with Gasteiger partial charge < -0.3 is 10.1 Å². The summed E-state index contributed by atoms with van der Waals surface area (Å²) in [5.41, 5.74) is 2.67. The number of esters is 1. The lowest BCUT2D eigenvalue weighted by molar-refractivity contribution is -0.141. The smallest absolute Gasteiger partial charge is 0.307 e. The molecule has 0 saturated carbocycles. The van der Waals surface area contributed by atoms with Gasteiger partial charge in [0, 0.05) is 12.6 Å². The topological polar surface area (TPSA) is 38.3 Å². The number of hydrogen-bond acceptors (Lipinski definition) is 3. The maximum absolute atomic E-state index is 11.1. The standard InChI is InChI=1S/C12H15NO2.ClH/c1-15-12(14)7-11-6-9-4-2-3-5-10(9)8-13-11;/h2-5,11,13H,6-8H2,1H3;1H/t11-;/m1./s1. The maximum atomic E-state index is 11.1. The molecule has 1 heterocycles. The van der Waals surface area contributed by atoms with Crippen LogP contribution in [0.4, 0.5) is 0 Å². The zero-order valence-electron chi connectivity index (χ0n) is 9.23. The van der Waals surface area contributed by atoms with Crippen molar-refractivity contribution in [1.29, 1.82) is 0 Å². The van der Waals surface area contributed by atoms with Gasteiger partial charge >= 0.3 is 5.97 Å². The molecule has 88 valence electrons. The van der Waals surface area contributed by atoms with Crippen molar-refractivity contribution < 1.29 is 9.53 Å². The predicted molar refractivity (Wildman–Crippen MR) is 64.7 cm³/mol. The summed E-state index contributed by atoms with van der Waals surface area (Å²) in [7, 11) is 1.43. The van der Waals surface area contributed by atoms with Crippen LogP contribution in [0.2, 0.25) is 0 Å². The molecule has 1 N–H and O–H groups in total. The van der Waals surface area contributed by atoms with Crippen LogP contribution in [0, 0.1) is 0 Å². The van der Waals surface area contributed by atoms with Crippen LogP contribution in [0.3, 0.4) is 0 Å². The predicted octanol–water partition coefficient (Wildman–Crippen LogP) is 1.69. The Bertz CT molecular complexity index is 368. The molecule has 0 radical (unpaired) electrons. The van der Waals surface area contributed by atoms with Gasteiger partial charge in [-0.05, 0) is 17.5 Å². The molecular formula is C12H16ClNO2. The first kappa shape index (κ1) is 13.0. The lowest BCUT2D eigenvalue weighted by Gasteiger charge is -2.25. The van der Waals surface area contributed by atoms with Crippen LogP contribution < -0.4 is 5.32 Å². The van der Waals surface area contributed by atoms with Gasteiger partial charge in [0.2, 0.25) is 0 Å². The number of benzene rings is 1. The number of hydrogen-bond donors (Lipinski definition) is 1. The Morgan fingerprint density at radius 3 is 2.81 bits per heavy atom. The third kappa shape index (κ3) is 2.97. The van der Waals surface area contributed by atoms with Crippen LogP contribution in [-0.2, 0) is 22.5 Å². The Labute approximate surface area is 102 Å². The molecule has 0 aliphatic carbocycles. The second kappa shape index (κ2) is 5.87. The van der Waals surface area contributed by atoms with Crippen molar-refractivity contribution in [2.45, 2.75) is 25.4 Å². The molecule has 0 amide bonds. The summed E-state index contributed by atoms with van der Waals surface area (Å²) < 4.78 is 4.66. The van der Waals surface area contributed by atoms with Crippen molar-refractivity contribution in [2.24, 2.45) is 0 Å².